The summed E-state index contributed by atoms with van der Waals surface area (Å²) in [6.07, 6.45) is 4.78. The average Bonchev–Trinajstić information content (AvgIpc) is 2.86. The molecule has 0 aliphatic rings. The highest BCUT2D eigenvalue weighted by Gasteiger charge is 2.12. The van der Waals surface area contributed by atoms with Crippen molar-refractivity contribution in [3.05, 3.63) is 90.3 Å². The molecule has 0 aliphatic heterocycles. The lowest BCUT2D eigenvalue weighted by Crippen LogP contribution is -2.28. The van der Waals surface area contributed by atoms with Gasteiger partial charge in [0.1, 0.15) is 0 Å². The van der Waals surface area contributed by atoms with Gasteiger partial charge in [0.05, 0.1) is 12.2 Å². The van der Waals surface area contributed by atoms with E-state index in [0.29, 0.717) is 49.5 Å². The van der Waals surface area contributed by atoms with Gasteiger partial charge in [0.25, 0.3) is 5.91 Å². The number of thiol groups is 1. The van der Waals surface area contributed by atoms with E-state index in [-0.39, 0.29) is 11.9 Å². The number of rotatable bonds is 11. The quantitative estimate of drug-likeness (QED) is 0.190. The first-order valence-corrected chi connectivity index (χ1v) is 11.0. The number of carbonyl (C=O) groups excluding carboxylic acids is 2. The molecule has 3 aromatic rings. The van der Waals surface area contributed by atoms with E-state index in [2.05, 4.69) is 33.9 Å². The van der Waals surface area contributed by atoms with Crippen molar-refractivity contribution in [1.82, 2.24) is 14.8 Å². The number of nitrogens with one attached hydrogen (secondary N) is 3. The topological polar surface area (TPSA) is 95.6 Å². The standard InChI is InChI=1S/C24H27N5O3S/c30-23(21-10-4-5-11-22(21)26-18-19-12-14-25-15-13-19)28-32-17-7-6-16-29(33)24(31)27-20-8-2-1-3-9-20/h1-5,8-15,26,33H,6-7,16-18H2,(H,27,31)(H,28,30). The van der Waals surface area contributed by atoms with Gasteiger partial charge in [0.2, 0.25) is 0 Å². The van der Waals surface area contributed by atoms with Crippen LogP contribution in [0.2, 0.25) is 0 Å². The van der Waals surface area contributed by atoms with Gasteiger partial charge in [-0.25, -0.2) is 10.3 Å². The van der Waals surface area contributed by atoms with Crippen molar-refractivity contribution in [2.75, 3.05) is 23.8 Å². The Morgan fingerprint density at radius 2 is 1.67 bits per heavy atom. The number of aromatic nitrogens is 1. The second-order valence-corrected chi connectivity index (χ2v) is 7.64. The van der Waals surface area contributed by atoms with E-state index in [9.17, 15) is 9.59 Å². The number of hydrogen-bond acceptors (Lipinski definition) is 6. The van der Waals surface area contributed by atoms with E-state index in [4.69, 9.17) is 4.84 Å². The summed E-state index contributed by atoms with van der Waals surface area (Å²) in [7, 11) is 0. The van der Waals surface area contributed by atoms with Gasteiger partial charge < -0.3 is 10.6 Å². The Morgan fingerprint density at radius 1 is 0.939 bits per heavy atom. The number of amides is 3. The van der Waals surface area contributed by atoms with E-state index in [1.54, 1.807) is 24.5 Å². The van der Waals surface area contributed by atoms with Crippen molar-refractivity contribution in [3.8, 4) is 0 Å². The monoisotopic (exact) mass is 465 g/mol. The van der Waals surface area contributed by atoms with Crippen molar-refractivity contribution >= 4 is 36.1 Å². The van der Waals surface area contributed by atoms with Crippen molar-refractivity contribution in [2.45, 2.75) is 19.4 Å². The molecule has 172 valence electrons. The van der Waals surface area contributed by atoms with Gasteiger partial charge in [-0.1, -0.05) is 43.1 Å². The molecule has 0 aliphatic carbocycles. The average molecular weight is 466 g/mol. The molecule has 1 heterocycles. The van der Waals surface area contributed by atoms with Crippen molar-refractivity contribution in [2.24, 2.45) is 0 Å². The molecule has 0 unspecified atom stereocenters. The number of carbonyl (C=O) groups is 2. The van der Waals surface area contributed by atoms with E-state index in [1.807, 2.05) is 54.6 Å². The molecule has 0 saturated heterocycles. The summed E-state index contributed by atoms with van der Waals surface area (Å²) in [4.78, 5) is 33.9. The Bertz CT molecular complexity index is 1020. The molecule has 3 N–H and O–H groups in total. The minimum Gasteiger partial charge on any atom is -0.380 e. The highest BCUT2D eigenvalue weighted by Crippen LogP contribution is 2.16. The maximum Gasteiger partial charge on any atom is 0.331 e. The fourth-order valence-electron chi connectivity index (χ4n) is 2.95. The largest absolute Gasteiger partial charge is 0.380 e. The third-order valence-corrected chi connectivity index (χ3v) is 5.08. The Balaban J connectivity index is 1.34. The molecule has 0 radical (unpaired) electrons. The minimum atomic E-state index is -0.328. The van der Waals surface area contributed by atoms with Crippen molar-refractivity contribution < 1.29 is 14.4 Å². The molecule has 1 aromatic heterocycles. The number of hydrogen-bond donors (Lipinski definition) is 4. The van der Waals surface area contributed by atoms with Crippen molar-refractivity contribution in [1.29, 1.82) is 0 Å². The molecule has 2 aromatic carbocycles. The summed E-state index contributed by atoms with van der Waals surface area (Å²) in [5.41, 5.74) is 5.46. The Hall–Kier alpha value is -3.56. The number of para-hydroxylation sites is 2. The Labute approximate surface area is 198 Å². The van der Waals surface area contributed by atoms with Crippen molar-refractivity contribution in [3.63, 3.8) is 0 Å². The highest BCUT2D eigenvalue weighted by atomic mass is 32.1. The SMILES string of the molecule is O=C(NOCCCCN(S)C(=O)Nc1ccccc1)c1ccccc1NCc1ccncc1. The van der Waals surface area contributed by atoms with Crippen LogP contribution >= 0.6 is 12.8 Å². The van der Waals surface area contributed by atoms with Crippen LogP contribution in [0.5, 0.6) is 0 Å². The van der Waals surface area contributed by atoms with Crippen LogP contribution in [-0.4, -0.2) is 34.4 Å². The highest BCUT2D eigenvalue weighted by molar-refractivity contribution is 7.78. The van der Waals surface area contributed by atoms with Crippen LogP contribution in [0.3, 0.4) is 0 Å². The van der Waals surface area contributed by atoms with Gasteiger partial charge in [0.15, 0.2) is 0 Å². The van der Waals surface area contributed by atoms with Gasteiger partial charge in [-0.2, -0.15) is 0 Å². The first-order chi connectivity index (χ1) is 16.1. The molecule has 33 heavy (non-hydrogen) atoms. The van der Waals surface area contributed by atoms with Crippen LogP contribution in [-0.2, 0) is 11.4 Å². The third-order valence-electron chi connectivity index (χ3n) is 4.69. The number of nitrogens with zero attached hydrogens (tertiary/aromatic N) is 2. The number of benzene rings is 2. The van der Waals surface area contributed by atoms with Gasteiger partial charge in [-0.05, 0) is 54.8 Å². The van der Waals surface area contributed by atoms with Crippen LogP contribution < -0.4 is 16.1 Å². The lowest BCUT2D eigenvalue weighted by molar-refractivity contribution is 0.0298. The van der Waals surface area contributed by atoms with Gasteiger partial charge in [0, 0.05) is 36.9 Å². The number of pyridine rings is 1. The first kappa shape index (κ1) is 24.1. The maximum absolute atomic E-state index is 12.5. The number of anilines is 2. The number of hydroxylamine groups is 1. The fraction of sp³-hybridized carbons (Fsp3) is 0.208. The normalized spacial score (nSPS) is 10.3. The molecule has 3 rings (SSSR count). The zero-order valence-electron chi connectivity index (χ0n) is 18.1. The van der Waals surface area contributed by atoms with Crippen LogP contribution in [0.15, 0.2) is 79.1 Å². The number of urea groups is 1. The van der Waals surface area contributed by atoms with Crippen LogP contribution in [0.25, 0.3) is 0 Å². The fourth-order valence-corrected chi connectivity index (χ4v) is 3.14. The number of unbranched alkanes of at least 4 members (excludes halogenated alkanes) is 1. The smallest absolute Gasteiger partial charge is 0.331 e. The lowest BCUT2D eigenvalue weighted by Gasteiger charge is -2.16. The van der Waals surface area contributed by atoms with Gasteiger partial charge in [-0.15, -0.1) is 0 Å². The van der Waals surface area contributed by atoms with Crippen LogP contribution in [0.1, 0.15) is 28.8 Å². The third kappa shape index (κ3) is 8.13. The predicted octanol–water partition coefficient (Wildman–Crippen LogP) is 4.51. The molecular formula is C24H27N5O3S. The molecule has 3 amide bonds. The molecule has 8 nitrogen and oxygen atoms in total. The first-order valence-electron chi connectivity index (χ1n) is 10.6. The maximum atomic E-state index is 12.5. The van der Waals surface area contributed by atoms with Gasteiger partial charge in [-0.3, -0.25) is 18.9 Å². The summed E-state index contributed by atoms with van der Waals surface area (Å²) in [5.74, 6) is -0.328. The van der Waals surface area contributed by atoms with E-state index < -0.39 is 0 Å². The Morgan fingerprint density at radius 3 is 2.45 bits per heavy atom. The second-order valence-electron chi connectivity index (χ2n) is 7.16. The Kier molecular flexibility index (Phi) is 9.56. The summed E-state index contributed by atoms with van der Waals surface area (Å²) in [6, 6.07) is 20.0. The molecule has 0 saturated carbocycles. The predicted molar refractivity (Wildman–Crippen MR) is 132 cm³/mol. The lowest BCUT2D eigenvalue weighted by atomic mass is 10.1. The van der Waals surface area contributed by atoms with E-state index in [1.165, 1.54) is 4.31 Å². The van der Waals surface area contributed by atoms with Gasteiger partial charge >= 0.3 is 6.03 Å². The molecule has 0 fully saturated rings. The van der Waals surface area contributed by atoms with Crippen LogP contribution in [0.4, 0.5) is 16.2 Å². The molecular weight excluding hydrogens is 438 g/mol. The van der Waals surface area contributed by atoms with E-state index >= 15 is 0 Å². The molecule has 0 spiro atoms. The minimum absolute atomic E-state index is 0.297. The zero-order valence-corrected chi connectivity index (χ0v) is 19.0. The summed E-state index contributed by atoms with van der Waals surface area (Å²) >= 11 is 4.22. The van der Waals surface area contributed by atoms with Crippen LogP contribution in [0, 0.1) is 0 Å². The molecule has 0 bridgehead atoms. The second kappa shape index (κ2) is 13.1. The molecule has 0 atom stereocenters. The summed E-state index contributed by atoms with van der Waals surface area (Å²) in [5, 5.41) is 6.03. The summed E-state index contributed by atoms with van der Waals surface area (Å²) < 4.78 is 1.32. The zero-order chi connectivity index (χ0) is 23.3. The molecule has 9 heteroatoms. The van der Waals surface area contributed by atoms with E-state index in [0.717, 1.165) is 5.56 Å². The summed E-state index contributed by atoms with van der Waals surface area (Å²) in [6.45, 7) is 1.34.